The van der Waals surface area contributed by atoms with E-state index in [1.165, 1.54) is 18.4 Å². The second kappa shape index (κ2) is 8.94. The first-order chi connectivity index (χ1) is 9.19. The highest BCUT2D eigenvalue weighted by Gasteiger charge is 2.09. The fraction of sp³-hybridized carbons (Fsp3) is 0.625. The van der Waals surface area contributed by atoms with Crippen molar-refractivity contribution < 1.29 is 4.74 Å². The van der Waals surface area contributed by atoms with E-state index in [-0.39, 0.29) is 0 Å². The Balaban J connectivity index is 2.41. The molecule has 0 aliphatic heterocycles. The summed E-state index contributed by atoms with van der Waals surface area (Å²) in [7, 11) is 3.88. The quantitative estimate of drug-likeness (QED) is 0.742. The van der Waals surface area contributed by atoms with E-state index >= 15 is 0 Å². The number of hydrogen-bond acceptors (Lipinski definition) is 3. The van der Waals surface area contributed by atoms with Crippen molar-refractivity contribution in [2.45, 2.75) is 39.3 Å². The Morgan fingerprint density at radius 2 is 1.89 bits per heavy atom. The molecule has 0 aromatic heterocycles. The van der Waals surface area contributed by atoms with Gasteiger partial charge in [-0.1, -0.05) is 26.0 Å². The number of nitrogens with one attached hydrogen (secondary N) is 1. The molecule has 1 N–H and O–H groups in total. The van der Waals surface area contributed by atoms with E-state index in [2.05, 4.69) is 43.2 Å². The third-order valence-corrected chi connectivity index (χ3v) is 3.32. The van der Waals surface area contributed by atoms with E-state index in [9.17, 15) is 0 Å². The molecular weight excluding hydrogens is 236 g/mol. The lowest BCUT2D eigenvalue weighted by Gasteiger charge is -2.24. The molecule has 3 nitrogen and oxygen atoms in total. The second-order valence-corrected chi connectivity index (χ2v) is 5.10. The molecule has 1 rings (SSSR count). The summed E-state index contributed by atoms with van der Waals surface area (Å²) in [6, 6.07) is 8.90. The Labute approximate surface area is 118 Å². The standard InChI is InChI=1S/C16H28N2O/c1-5-11-17-15(6-2)13-18(3)12-14-7-9-16(19-4)10-8-14/h7-10,15,17H,5-6,11-13H2,1-4H3. The van der Waals surface area contributed by atoms with Gasteiger partial charge in [-0.2, -0.15) is 0 Å². The van der Waals surface area contributed by atoms with Crippen LogP contribution in [0.5, 0.6) is 5.75 Å². The molecule has 0 radical (unpaired) electrons. The number of ether oxygens (including phenoxy) is 1. The Kier molecular flexibility index (Phi) is 7.53. The van der Waals surface area contributed by atoms with Gasteiger partial charge < -0.3 is 15.0 Å². The highest BCUT2D eigenvalue weighted by Crippen LogP contribution is 2.12. The van der Waals surface area contributed by atoms with Gasteiger partial charge in [0.25, 0.3) is 0 Å². The second-order valence-electron chi connectivity index (χ2n) is 5.10. The molecule has 19 heavy (non-hydrogen) atoms. The van der Waals surface area contributed by atoms with Crippen molar-refractivity contribution in [3.63, 3.8) is 0 Å². The van der Waals surface area contributed by atoms with Crippen LogP contribution in [0, 0.1) is 0 Å². The van der Waals surface area contributed by atoms with Gasteiger partial charge >= 0.3 is 0 Å². The molecule has 0 bridgehead atoms. The van der Waals surface area contributed by atoms with Crippen LogP contribution in [-0.4, -0.2) is 38.2 Å². The van der Waals surface area contributed by atoms with Gasteiger partial charge in [0.2, 0.25) is 0 Å². The first-order valence-electron chi connectivity index (χ1n) is 7.24. The lowest BCUT2D eigenvalue weighted by Crippen LogP contribution is -2.39. The van der Waals surface area contributed by atoms with Gasteiger partial charge in [-0.05, 0) is 44.1 Å². The molecule has 1 aromatic rings. The molecule has 1 atom stereocenters. The molecule has 1 unspecified atom stereocenters. The van der Waals surface area contributed by atoms with Crippen LogP contribution in [0.2, 0.25) is 0 Å². The van der Waals surface area contributed by atoms with Crippen LogP contribution < -0.4 is 10.1 Å². The topological polar surface area (TPSA) is 24.5 Å². The fourth-order valence-corrected chi connectivity index (χ4v) is 2.17. The van der Waals surface area contributed by atoms with Crippen LogP contribution >= 0.6 is 0 Å². The summed E-state index contributed by atoms with van der Waals surface area (Å²) in [6.45, 7) is 7.63. The molecular formula is C16H28N2O. The summed E-state index contributed by atoms with van der Waals surface area (Å²) >= 11 is 0. The fourth-order valence-electron chi connectivity index (χ4n) is 2.17. The van der Waals surface area contributed by atoms with E-state index in [0.717, 1.165) is 25.4 Å². The zero-order valence-corrected chi connectivity index (χ0v) is 12.8. The average Bonchev–Trinajstić information content (AvgIpc) is 2.44. The Hall–Kier alpha value is -1.06. The highest BCUT2D eigenvalue weighted by atomic mass is 16.5. The maximum absolute atomic E-state index is 5.18. The molecule has 3 heteroatoms. The molecule has 0 fully saturated rings. The first kappa shape index (κ1) is 16.0. The first-order valence-corrected chi connectivity index (χ1v) is 7.24. The van der Waals surface area contributed by atoms with Gasteiger partial charge in [0.05, 0.1) is 7.11 Å². The summed E-state index contributed by atoms with van der Waals surface area (Å²) in [6.07, 6.45) is 2.37. The van der Waals surface area contributed by atoms with Crippen LogP contribution in [-0.2, 0) is 6.54 Å². The van der Waals surface area contributed by atoms with Crippen LogP contribution in [0.3, 0.4) is 0 Å². The van der Waals surface area contributed by atoms with E-state index < -0.39 is 0 Å². The Bertz CT molecular complexity index is 337. The van der Waals surface area contributed by atoms with Gasteiger partial charge in [0.15, 0.2) is 0 Å². The van der Waals surface area contributed by atoms with Crippen molar-refractivity contribution in [3.8, 4) is 5.75 Å². The number of likely N-dealkylation sites (N-methyl/N-ethyl adjacent to an activating group) is 1. The predicted octanol–water partition coefficient (Wildman–Crippen LogP) is 2.91. The zero-order chi connectivity index (χ0) is 14.1. The van der Waals surface area contributed by atoms with Gasteiger partial charge in [0.1, 0.15) is 5.75 Å². The Morgan fingerprint density at radius 3 is 2.42 bits per heavy atom. The highest BCUT2D eigenvalue weighted by molar-refractivity contribution is 5.27. The summed E-state index contributed by atoms with van der Waals surface area (Å²) in [5.41, 5.74) is 1.33. The molecule has 0 amide bonds. The molecule has 1 aromatic carbocycles. The van der Waals surface area contributed by atoms with Gasteiger partial charge in [0, 0.05) is 19.1 Å². The number of methoxy groups -OCH3 is 1. The number of hydrogen-bond donors (Lipinski definition) is 1. The van der Waals surface area contributed by atoms with Crippen molar-refractivity contribution in [1.82, 2.24) is 10.2 Å². The largest absolute Gasteiger partial charge is 0.497 e. The van der Waals surface area contributed by atoms with Crippen molar-refractivity contribution >= 4 is 0 Å². The van der Waals surface area contributed by atoms with Crippen LogP contribution in [0.4, 0.5) is 0 Å². The van der Waals surface area contributed by atoms with E-state index in [4.69, 9.17) is 4.74 Å². The van der Waals surface area contributed by atoms with E-state index in [1.807, 2.05) is 12.1 Å². The summed E-state index contributed by atoms with van der Waals surface area (Å²) < 4.78 is 5.18. The monoisotopic (exact) mass is 264 g/mol. The maximum atomic E-state index is 5.18. The number of benzene rings is 1. The minimum atomic E-state index is 0.586. The minimum Gasteiger partial charge on any atom is -0.497 e. The molecule has 0 spiro atoms. The third kappa shape index (κ3) is 6.08. The molecule has 0 saturated carbocycles. The van der Waals surface area contributed by atoms with Crippen LogP contribution in [0.25, 0.3) is 0 Å². The molecule has 108 valence electrons. The molecule has 0 aliphatic carbocycles. The molecule has 0 saturated heterocycles. The summed E-state index contributed by atoms with van der Waals surface area (Å²) in [5.74, 6) is 0.919. The van der Waals surface area contributed by atoms with Crippen molar-refractivity contribution in [2.75, 3.05) is 27.2 Å². The third-order valence-electron chi connectivity index (χ3n) is 3.32. The predicted molar refractivity (Wildman–Crippen MR) is 81.7 cm³/mol. The van der Waals surface area contributed by atoms with Crippen LogP contribution in [0.1, 0.15) is 32.3 Å². The zero-order valence-electron chi connectivity index (χ0n) is 12.8. The number of nitrogens with zero attached hydrogens (tertiary/aromatic N) is 1. The lowest BCUT2D eigenvalue weighted by molar-refractivity contribution is 0.277. The average molecular weight is 264 g/mol. The SMILES string of the molecule is CCCNC(CC)CN(C)Cc1ccc(OC)cc1. The summed E-state index contributed by atoms with van der Waals surface area (Å²) in [5, 5.41) is 3.59. The van der Waals surface area contributed by atoms with Crippen LogP contribution in [0.15, 0.2) is 24.3 Å². The normalized spacial score (nSPS) is 12.7. The van der Waals surface area contributed by atoms with Gasteiger partial charge in [-0.15, -0.1) is 0 Å². The smallest absolute Gasteiger partial charge is 0.118 e. The van der Waals surface area contributed by atoms with E-state index in [1.54, 1.807) is 7.11 Å². The van der Waals surface area contributed by atoms with E-state index in [0.29, 0.717) is 6.04 Å². The van der Waals surface area contributed by atoms with Gasteiger partial charge in [-0.25, -0.2) is 0 Å². The minimum absolute atomic E-state index is 0.586. The number of rotatable bonds is 9. The molecule has 0 aliphatic rings. The molecule has 0 heterocycles. The van der Waals surface area contributed by atoms with Gasteiger partial charge in [-0.3, -0.25) is 0 Å². The maximum Gasteiger partial charge on any atom is 0.118 e. The summed E-state index contributed by atoms with van der Waals surface area (Å²) in [4.78, 5) is 2.37. The Morgan fingerprint density at radius 1 is 1.21 bits per heavy atom. The van der Waals surface area contributed by atoms with Crippen molar-refractivity contribution in [3.05, 3.63) is 29.8 Å². The van der Waals surface area contributed by atoms with Crippen molar-refractivity contribution in [1.29, 1.82) is 0 Å². The lowest BCUT2D eigenvalue weighted by atomic mass is 10.1. The van der Waals surface area contributed by atoms with Crippen molar-refractivity contribution in [2.24, 2.45) is 0 Å².